The Morgan fingerprint density at radius 1 is 0.933 bits per heavy atom. The molecule has 2 aromatic carbocycles. The maximum Gasteiger partial charge on any atom is 0.257 e. The monoisotopic (exact) mass is 397 g/mol. The number of carbonyl (C=O) groups is 1. The van der Waals surface area contributed by atoms with Gasteiger partial charge in [-0.25, -0.2) is 4.98 Å². The molecule has 5 rings (SSSR count). The van der Waals surface area contributed by atoms with E-state index in [9.17, 15) is 9.59 Å². The number of H-pyrrole nitrogens is 1. The van der Waals surface area contributed by atoms with E-state index in [2.05, 4.69) is 24.1 Å². The van der Waals surface area contributed by atoms with Gasteiger partial charge >= 0.3 is 0 Å². The lowest BCUT2D eigenvalue weighted by Crippen LogP contribution is -2.37. The topological polar surface area (TPSA) is 74.8 Å². The molecule has 1 atom stereocenters. The number of hydrogen-bond donors (Lipinski definition) is 2. The van der Waals surface area contributed by atoms with Crippen LogP contribution < -0.4 is 10.9 Å². The zero-order chi connectivity index (χ0) is 20.9. The van der Waals surface area contributed by atoms with E-state index in [-0.39, 0.29) is 16.8 Å². The molecule has 2 heterocycles. The lowest BCUT2D eigenvalue weighted by atomic mass is 9.69. The fourth-order valence-corrected chi connectivity index (χ4v) is 4.63. The van der Waals surface area contributed by atoms with Crippen LogP contribution in [0, 0.1) is 5.41 Å². The van der Waals surface area contributed by atoms with E-state index in [1.165, 1.54) is 0 Å². The number of aromatic amines is 1. The van der Waals surface area contributed by atoms with Gasteiger partial charge in [-0.3, -0.25) is 9.59 Å². The van der Waals surface area contributed by atoms with Crippen LogP contribution in [-0.2, 0) is 4.79 Å². The highest BCUT2D eigenvalue weighted by molar-refractivity contribution is 6.01. The van der Waals surface area contributed by atoms with Crippen LogP contribution in [0.2, 0.25) is 0 Å². The molecule has 0 fully saturated rings. The number of ketones is 1. The molecule has 0 spiro atoms. The number of Topliss-reactive ketones (excluding diaryl/α,β-unsaturated/α-hetero) is 1. The second-order valence-corrected chi connectivity index (χ2v) is 8.84. The number of anilines is 1. The summed E-state index contributed by atoms with van der Waals surface area (Å²) < 4.78 is 0. The summed E-state index contributed by atoms with van der Waals surface area (Å²) >= 11 is 0. The van der Waals surface area contributed by atoms with Crippen molar-refractivity contribution in [1.29, 1.82) is 0 Å². The summed E-state index contributed by atoms with van der Waals surface area (Å²) in [5, 5.41) is 3.36. The lowest BCUT2D eigenvalue weighted by Gasteiger charge is -2.38. The summed E-state index contributed by atoms with van der Waals surface area (Å²) in [7, 11) is 0. The molecule has 3 aromatic rings. The number of allylic oxidation sites excluding steroid dienone is 2. The van der Waals surface area contributed by atoms with Crippen molar-refractivity contribution in [2.45, 2.75) is 32.6 Å². The molecule has 1 aliphatic carbocycles. The molecular weight excluding hydrogens is 374 g/mol. The van der Waals surface area contributed by atoms with Crippen LogP contribution in [-0.4, -0.2) is 15.8 Å². The molecule has 0 bridgehead atoms. The standard InChI is InChI=1S/C25H23N3O2/c1-25(2)13-17-20(18(29)14-25)19(15-9-5-3-6-10-15)21-23(26-17)27-22(28-24(21)30)16-11-7-4-8-12-16/h3-12,19H,13-14H2,1-2H3,(H2,26,27,28,30)/t19-/m1/s1. The van der Waals surface area contributed by atoms with Crippen LogP contribution in [0.1, 0.15) is 43.7 Å². The van der Waals surface area contributed by atoms with Gasteiger partial charge in [0.25, 0.3) is 5.56 Å². The second-order valence-electron chi connectivity index (χ2n) is 8.84. The Kier molecular flexibility index (Phi) is 4.21. The number of aromatic nitrogens is 2. The first-order valence-electron chi connectivity index (χ1n) is 10.2. The van der Waals surface area contributed by atoms with E-state index in [4.69, 9.17) is 4.98 Å². The SMILES string of the molecule is CC1(C)CC(=O)C2=C(C1)Nc1nc(-c3ccccc3)[nH]c(=O)c1[C@@H]2c1ccccc1. The molecule has 0 saturated heterocycles. The van der Waals surface area contributed by atoms with E-state index >= 15 is 0 Å². The van der Waals surface area contributed by atoms with Crippen molar-refractivity contribution in [2.24, 2.45) is 5.41 Å². The normalized spacial score (nSPS) is 19.7. The Hall–Kier alpha value is -3.47. The van der Waals surface area contributed by atoms with Gasteiger partial charge in [0.05, 0.1) is 5.56 Å². The molecule has 5 heteroatoms. The third kappa shape index (κ3) is 3.07. The molecule has 5 nitrogen and oxygen atoms in total. The molecule has 0 unspecified atom stereocenters. The average Bonchev–Trinajstić information content (AvgIpc) is 2.72. The Balaban J connectivity index is 1.74. The predicted molar refractivity (Wildman–Crippen MR) is 117 cm³/mol. The van der Waals surface area contributed by atoms with Crippen LogP contribution in [0.15, 0.2) is 76.7 Å². The number of hydrogen-bond acceptors (Lipinski definition) is 4. The molecule has 0 radical (unpaired) electrons. The zero-order valence-corrected chi connectivity index (χ0v) is 17.0. The molecule has 2 N–H and O–H groups in total. The number of nitrogens with zero attached hydrogens (tertiary/aromatic N) is 1. The van der Waals surface area contributed by atoms with Crippen molar-refractivity contribution in [3.8, 4) is 11.4 Å². The molecule has 0 amide bonds. The van der Waals surface area contributed by atoms with Crippen LogP contribution in [0.5, 0.6) is 0 Å². The zero-order valence-electron chi connectivity index (χ0n) is 17.0. The summed E-state index contributed by atoms with van der Waals surface area (Å²) in [6.07, 6.45) is 1.21. The van der Waals surface area contributed by atoms with Gasteiger partial charge in [0.2, 0.25) is 0 Å². The first-order chi connectivity index (χ1) is 14.4. The molecule has 150 valence electrons. The molecular formula is C25H23N3O2. The first kappa shape index (κ1) is 18.6. The first-order valence-corrected chi connectivity index (χ1v) is 10.2. The van der Waals surface area contributed by atoms with Crippen molar-refractivity contribution in [3.05, 3.63) is 93.4 Å². The minimum atomic E-state index is -0.415. The van der Waals surface area contributed by atoms with E-state index in [1.807, 2.05) is 60.7 Å². The number of nitrogens with one attached hydrogen (secondary N) is 2. The van der Waals surface area contributed by atoms with E-state index in [0.717, 1.165) is 23.2 Å². The van der Waals surface area contributed by atoms with Gasteiger partial charge in [0.15, 0.2) is 5.78 Å². The third-order valence-electron chi connectivity index (χ3n) is 5.90. The quantitative estimate of drug-likeness (QED) is 0.661. The minimum Gasteiger partial charge on any atom is -0.343 e. The van der Waals surface area contributed by atoms with Gasteiger partial charge in [-0.2, -0.15) is 0 Å². The summed E-state index contributed by atoms with van der Waals surface area (Å²) in [6, 6.07) is 19.4. The minimum absolute atomic E-state index is 0.0970. The van der Waals surface area contributed by atoms with Crippen LogP contribution >= 0.6 is 0 Å². The summed E-state index contributed by atoms with van der Waals surface area (Å²) in [5.41, 5.74) is 3.51. The predicted octanol–water partition coefficient (Wildman–Crippen LogP) is 4.64. The smallest absolute Gasteiger partial charge is 0.257 e. The van der Waals surface area contributed by atoms with Gasteiger partial charge in [0, 0.05) is 29.2 Å². The van der Waals surface area contributed by atoms with E-state index < -0.39 is 5.92 Å². The Labute approximate surface area is 174 Å². The fourth-order valence-electron chi connectivity index (χ4n) is 4.63. The highest BCUT2D eigenvalue weighted by Gasteiger charge is 2.42. The van der Waals surface area contributed by atoms with Gasteiger partial charge in [0.1, 0.15) is 11.6 Å². The van der Waals surface area contributed by atoms with Crippen molar-refractivity contribution in [2.75, 3.05) is 5.32 Å². The second kappa shape index (κ2) is 6.80. The molecule has 30 heavy (non-hydrogen) atoms. The van der Waals surface area contributed by atoms with Gasteiger partial charge < -0.3 is 10.3 Å². The van der Waals surface area contributed by atoms with Crippen molar-refractivity contribution >= 4 is 11.6 Å². The Bertz CT molecular complexity index is 1220. The molecule has 2 aliphatic rings. The number of fused-ring (bicyclic) bond motifs is 1. The van der Waals surface area contributed by atoms with Crippen molar-refractivity contribution in [3.63, 3.8) is 0 Å². The summed E-state index contributed by atoms with van der Waals surface area (Å²) in [4.78, 5) is 34.2. The Morgan fingerprint density at radius 2 is 1.60 bits per heavy atom. The number of rotatable bonds is 2. The highest BCUT2D eigenvalue weighted by Crippen LogP contribution is 2.47. The van der Waals surface area contributed by atoms with Gasteiger partial charge in [-0.05, 0) is 17.4 Å². The molecule has 1 aromatic heterocycles. The number of carbonyl (C=O) groups excluding carboxylic acids is 1. The lowest BCUT2D eigenvalue weighted by molar-refractivity contribution is -0.118. The maximum absolute atomic E-state index is 13.3. The Morgan fingerprint density at radius 3 is 2.30 bits per heavy atom. The van der Waals surface area contributed by atoms with E-state index in [1.54, 1.807) is 0 Å². The molecule has 1 aliphatic heterocycles. The van der Waals surface area contributed by atoms with Gasteiger partial charge in [-0.1, -0.05) is 74.5 Å². The van der Waals surface area contributed by atoms with Crippen molar-refractivity contribution < 1.29 is 4.79 Å². The average molecular weight is 397 g/mol. The summed E-state index contributed by atoms with van der Waals surface area (Å²) in [5.74, 6) is 0.738. The fraction of sp³-hybridized carbons (Fsp3) is 0.240. The molecule has 0 saturated carbocycles. The summed E-state index contributed by atoms with van der Waals surface area (Å²) in [6.45, 7) is 4.20. The highest BCUT2D eigenvalue weighted by atomic mass is 16.1. The maximum atomic E-state index is 13.3. The van der Waals surface area contributed by atoms with Gasteiger partial charge in [-0.15, -0.1) is 0 Å². The van der Waals surface area contributed by atoms with Crippen LogP contribution in [0.4, 0.5) is 5.82 Å². The third-order valence-corrected chi connectivity index (χ3v) is 5.90. The number of benzene rings is 2. The van der Waals surface area contributed by atoms with Crippen LogP contribution in [0.25, 0.3) is 11.4 Å². The van der Waals surface area contributed by atoms with Crippen molar-refractivity contribution in [1.82, 2.24) is 9.97 Å². The van der Waals surface area contributed by atoms with E-state index in [0.29, 0.717) is 29.2 Å². The van der Waals surface area contributed by atoms with Crippen LogP contribution in [0.3, 0.4) is 0 Å². The largest absolute Gasteiger partial charge is 0.343 e.